The number of fused-ring (bicyclic) bond motifs is 1. The summed E-state index contributed by atoms with van der Waals surface area (Å²) in [5.41, 5.74) is 3.33. The molecule has 9 nitrogen and oxygen atoms in total. The molecule has 5 rings (SSSR count). The van der Waals surface area contributed by atoms with E-state index < -0.39 is 11.9 Å². The number of hydrogen-bond acceptors (Lipinski definition) is 7. The number of ether oxygens (including phenoxy) is 3. The molecule has 2 heterocycles. The first-order valence-corrected chi connectivity index (χ1v) is 15.1. The second-order valence-corrected chi connectivity index (χ2v) is 11.8. The van der Waals surface area contributed by atoms with Crippen LogP contribution in [-0.4, -0.2) is 47.9 Å². The lowest BCUT2D eigenvalue weighted by atomic mass is 9.86. The lowest BCUT2D eigenvalue weighted by molar-refractivity contribution is -0.137. The first-order chi connectivity index (χ1) is 20.3. The number of nitrogens with zero attached hydrogens (tertiary/aromatic N) is 2. The Balaban J connectivity index is 0.00000423. The lowest BCUT2D eigenvalue weighted by Crippen LogP contribution is -2.19. The van der Waals surface area contributed by atoms with Crippen LogP contribution in [0.1, 0.15) is 59.5 Å². The number of anilines is 1. The zero-order valence-electron chi connectivity index (χ0n) is 24.9. The minimum absolute atomic E-state index is 0. The Morgan fingerprint density at radius 3 is 2.42 bits per heavy atom. The van der Waals surface area contributed by atoms with Crippen molar-refractivity contribution >= 4 is 51.7 Å². The number of rotatable bonds is 11. The molecule has 0 unspecified atom stereocenters. The quantitative estimate of drug-likeness (QED) is 0.178. The van der Waals surface area contributed by atoms with Gasteiger partial charge in [0.25, 0.3) is 5.91 Å². The van der Waals surface area contributed by atoms with E-state index in [1.54, 1.807) is 45.6 Å². The van der Waals surface area contributed by atoms with E-state index in [1.807, 2.05) is 19.1 Å². The zero-order valence-corrected chi connectivity index (χ0v) is 26.5. The van der Waals surface area contributed by atoms with Gasteiger partial charge in [-0.2, -0.15) is 0 Å². The number of amides is 1. The van der Waals surface area contributed by atoms with Crippen molar-refractivity contribution in [3.63, 3.8) is 0 Å². The molecule has 0 bridgehead atoms. The number of halogens is 1. The lowest BCUT2D eigenvalue weighted by Gasteiger charge is -2.21. The van der Waals surface area contributed by atoms with E-state index in [0.29, 0.717) is 33.5 Å². The van der Waals surface area contributed by atoms with Crippen LogP contribution in [0.25, 0.3) is 22.2 Å². The first-order valence-electron chi connectivity index (χ1n) is 14.2. The maximum absolute atomic E-state index is 13.7. The number of carboxylic acids is 1. The molecule has 1 amide bonds. The van der Waals surface area contributed by atoms with Crippen molar-refractivity contribution in [2.24, 2.45) is 5.92 Å². The zero-order chi connectivity index (χ0) is 29.8. The van der Waals surface area contributed by atoms with Gasteiger partial charge in [-0.3, -0.25) is 14.9 Å². The van der Waals surface area contributed by atoms with Crippen LogP contribution in [0.5, 0.6) is 17.2 Å². The van der Waals surface area contributed by atoms with Crippen LogP contribution in [0.15, 0.2) is 36.4 Å². The highest BCUT2D eigenvalue weighted by atomic mass is 35.5. The molecule has 0 radical (unpaired) electrons. The summed E-state index contributed by atoms with van der Waals surface area (Å²) >= 11 is 1.45. The Kier molecular flexibility index (Phi) is 10.6. The van der Waals surface area contributed by atoms with Crippen LogP contribution < -0.4 is 19.5 Å². The molecule has 0 saturated heterocycles. The molecule has 0 atom stereocenters. The van der Waals surface area contributed by atoms with Gasteiger partial charge in [0.2, 0.25) is 0 Å². The van der Waals surface area contributed by atoms with Crippen molar-refractivity contribution in [3.05, 3.63) is 52.5 Å². The third kappa shape index (κ3) is 6.91. The van der Waals surface area contributed by atoms with Crippen molar-refractivity contribution < 1.29 is 28.9 Å². The van der Waals surface area contributed by atoms with Gasteiger partial charge < -0.3 is 23.9 Å². The van der Waals surface area contributed by atoms with Crippen LogP contribution in [0, 0.1) is 12.8 Å². The smallest absolute Gasteiger partial charge is 0.323 e. The molecule has 1 fully saturated rings. The summed E-state index contributed by atoms with van der Waals surface area (Å²) < 4.78 is 18.3. The van der Waals surface area contributed by atoms with Gasteiger partial charge in [0.15, 0.2) is 5.13 Å². The minimum Gasteiger partial charge on any atom is -0.496 e. The van der Waals surface area contributed by atoms with Crippen LogP contribution in [0.3, 0.4) is 0 Å². The summed E-state index contributed by atoms with van der Waals surface area (Å²) in [6.07, 6.45) is 8.25. The van der Waals surface area contributed by atoms with Gasteiger partial charge >= 0.3 is 5.97 Å². The van der Waals surface area contributed by atoms with Gasteiger partial charge in [-0.15, -0.1) is 23.7 Å². The fourth-order valence-electron chi connectivity index (χ4n) is 5.92. The van der Waals surface area contributed by atoms with Gasteiger partial charge in [0.1, 0.15) is 29.5 Å². The Morgan fingerprint density at radius 1 is 1.02 bits per heavy atom. The average Bonchev–Trinajstić information content (AvgIpc) is 3.57. The number of aliphatic carboxylic acids is 1. The second kappa shape index (κ2) is 14.1. The fourth-order valence-corrected chi connectivity index (χ4v) is 6.91. The molecular formula is C32H38ClN3O6S. The second-order valence-electron chi connectivity index (χ2n) is 10.7. The Morgan fingerprint density at radius 2 is 1.74 bits per heavy atom. The monoisotopic (exact) mass is 627 g/mol. The van der Waals surface area contributed by atoms with Crippen LogP contribution in [0.2, 0.25) is 0 Å². The first kappa shape index (κ1) is 32.2. The van der Waals surface area contributed by atoms with Crippen LogP contribution in [0.4, 0.5) is 5.13 Å². The maximum Gasteiger partial charge on any atom is 0.323 e. The van der Waals surface area contributed by atoms with E-state index in [0.717, 1.165) is 40.3 Å². The normalized spacial score (nSPS) is 13.4. The number of thiazole rings is 1. The summed E-state index contributed by atoms with van der Waals surface area (Å²) in [7, 11) is 4.82. The minimum atomic E-state index is -1.05. The van der Waals surface area contributed by atoms with E-state index >= 15 is 0 Å². The molecule has 11 heteroatoms. The highest BCUT2D eigenvalue weighted by Crippen LogP contribution is 2.41. The van der Waals surface area contributed by atoms with Crippen LogP contribution >= 0.6 is 23.7 Å². The number of hydrogen-bond donors (Lipinski definition) is 2. The highest BCUT2D eigenvalue weighted by molar-refractivity contribution is 7.16. The van der Waals surface area contributed by atoms with Gasteiger partial charge in [0.05, 0.1) is 32.5 Å². The molecule has 43 heavy (non-hydrogen) atoms. The summed E-state index contributed by atoms with van der Waals surface area (Å²) in [6.45, 7) is 1.60. The molecular weight excluding hydrogens is 590 g/mol. The van der Waals surface area contributed by atoms with Crippen molar-refractivity contribution in [1.29, 1.82) is 0 Å². The SMILES string of the molecule is COc1cc(-c2nc(NC(=O)c3cc4c(OC)cccc4n3CC(=O)O)sc2CCC2CCCCC2)c(OC)cc1C.Cl. The number of aromatic nitrogens is 2. The summed E-state index contributed by atoms with van der Waals surface area (Å²) in [6, 6.07) is 10.9. The fraction of sp³-hybridized carbons (Fsp3) is 0.406. The molecule has 0 spiro atoms. The molecule has 230 valence electrons. The van der Waals surface area contributed by atoms with Crippen LogP contribution in [-0.2, 0) is 17.8 Å². The molecule has 1 aliphatic carbocycles. The largest absolute Gasteiger partial charge is 0.496 e. The standard InChI is InChI=1S/C32H37N3O6S.ClH/c1-19-15-27(41-4)22(17-26(19)40-3)30-28(14-13-20-9-6-5-7-10-20)42-32(33-30)34-31(38)24-16-21-23(35(24)18-29(36)37)11-8-12-25(21)39-2;/h8,11-12,15-17,20H,5-7,9-10,13-14,18H2,1-4H3,(H,36,37)(H,33,34,38);1H. The van der Waals surface area contributed by atoms with Crippen molar-refractivity contribution in [2.75, 3.05) is 26.6 Å². The predicted molar refractivity (Wildman–Crippen MR) is 172 cm³/mol. The highest BCUT2D eigenvalue weighted by Gasteiger charge is 2.24. The van der Waals surface area contributed by atoms with E-state index in [9.17, 15) is 14.7 Å². The van der Waals surface area contributed by atoms with E-state index in [-0.39, 0.29) is 24.6 Å². The number of aryl methyl sites for hydroxylation is 2. The molecule has 2 aromatic carbocycles. The Hall–Kier alpha value is -3.76. The predicted octanol–water partition coefficient (Wildman–Crippen LogP) is 7.37. The van der Waals surface area contributed by atoms with Gasteiger partial charge in [-0.1, -0.05) is 38.2 Å². The third-order valence-corrected chi connectivity index (χ3v) is 9.08. The van der Waals surface area contributed by atoms with E-state index in [4.69, 9.17) is 19.2 Å². The molecule has 2 N–H and O–H groups in total. The number of nitrogens with one attached hydrogen (secondary N) is 1. The van der Waals surface area contributed by atoms with E-state index in [1.165, 1.54) is 48.0 Å². The number of carbonyl (C=O) groups is 2. The average molecular weight is 628 g/mol. The third-order valence-electron chi connectivity index (χ3n) is 8.05. The molecule has 1 saturated carbocycles. The Bertz CT molecular complexity index is 1610. The number of methoxy groups -OCH3 is 3. The summed E-state index contributed by atoms with van der Waals surface area (Å²) in [5.74, 6) is 1.17. The Labute approximate surface area is 261 Å². The molecule has 0 aliphatic heterocycles. The van der Waals surface area contributed by atoms with Gasteiger partial charge in [-0.05, 0) is 61.6 Å². The summed E-state index contributed by atoms with van der Waals surface area (Å²) in [5, 5.41) is 13.7. The van der Waals surface area contributed by atoms with Gasteiger partial charge in [-0.25, -0.2) is 4.98 Å². The van der Waals surface area contributed by atoms with Crippen molar-refractivity contribution in [3.8, 4) is 28.5 Å². The molecule has 4 aromatic rings. The maximum atomic E-state index is 13.7. The topological polar surface area (TPSA) is 112 Å². The number of carboxylic acid groups (broad SMARTS) is 1. The summed E-state index contributed by atoms with van der Waals surface area (Å²) in [4.78, 5) is 31.4. The number of benzene rings is 2. The van der Waals surface area contributed by atoms with E-state index in [2.05, 4.69) is 5.32 Å². The van der Waals surface area contributed by atoms with Crippen molar-refractivity contribution in [2.45, 2.75) is 58.4 Å². The van der Waals surface area contributed by atoms with Gasteiger partial charge in [0, 0.05) is 15.8 Å². The molecule has 2 aromatic heterocycles. The molecule has 1 aliphatic rings. The van der Waals surface area contributed by atoms with Crippen molar-refractivity contribution in [1.82, 2.24) is 9.55 Å². The number of carbonyl (C=O) groups excluding carboxylic acids is 1.